The Morgan fingerprint density at radius 1 is 0.385 bits per heavy atom. The van der Waals surface area contributed by atoms with Crippen LogP contribution in [0.5, 0.6) is 0 Å². The molecule has 3 fully saturated rings. The van der Waals surface area contributed by atoms with E-state index in [4.69, 9.17) is 28.4 Å². The minimum absolute atomic E-state index is 0.248. The lowest BCUT2D eigenvalue weighted by Crippen LogP contribution is -2.66. The van der Waals surface area contributed by atoms with Crippen molar-refractivity contribution < 1.29 is 89.4 Å². The van der Waals surface area contributed by atoms with E-state index in [0.717, 1.165) is 44.9 Å². The number of hydrogen-bond donors (Lipinski definition) is 12. The molecule has 0 radical (unpaired) electrons. The lowest BCUT2D eigenvalue weighted by molar-refractivity contribution is -0.379. The normalized spacial score (nSPS) is 27.9. The fraction of sp³-hybridized carbons (Fsp3) is 0.958. The Hall–Kier alpha value is -1.47. The molecule has 17 atom stereocenters. The Morgan fingerprint density at radius 2 is 0.681 bits per heavy atom. The number of allylic oxidation sites excluding steroid dienone is 1. The van der Waals surface area contributed by atoms with Gasteiger partial charge < -0.3 is 89.9 Å². The lowest BCUT2D eigenvalue weighted by Gasteiger charge is -2.48. The first kappa shape index (κ1) is 83.8. The molecule has 3 rings (SSSR count). The highest BCUT2D eigenvalue weighted by atomic mass is 16.8. The second-order valence-corrected chi connectivity index (χ2v) is 27.1. The average Bonchev–Trinajstić information content (AvgIpc) is 0.840. The van der Waals surface area contributed by atoms with Gasteiger partial charge in [0.15, 0.2) is 18.9 Å². The zero-order valence-electron chi connectivity index (χ0n) is 57.1. The highest BCUT2D eigenvalue weighted by Gasteiger charge is 2.53. The van der Waals surface area contributed by atoms with Crippen LogP contribution in [0.2, 0.25) is 0 Å². The molecule has 0 aromatic rings. The van der Waals surface area contributed by atoms with Gasteiger partial charge in [0.2, 0.25) is 5.91 Å². The molecule has 0 bridgehead atoms. The molecule has 1 amide bonds. The molecule has 0 spiro atoms. The summed E-state index contributed by atoms with van der Waals surface area (Å²) in [6, 6.07) is -0.965. The molecule has 0 aromatic heterocycles. The SMILES string of the molecule is CCCCC/C=C/C(O)C(COC1OC(CO)C(OC2OC(CO)C(OC3OC(CO)C(O)C(O)C3O)C(O)C2O)C(O)C1O)NC(=O)CCCCCCCCCCCCCCCCCCCCCCCCCCCCCCCCCCCCCCCCCCC. The van der Waals surface area contributed by atoms with Crippen molar-refractivity contribution >= 4 is 5.91 Å². The van der Waals surface area contributed by atoms with E-state index in [-0.39, 0.29) is 18.9 Å². The maximum absolute atomic E-state index is 13.3. The van der Waals surface area contributed by atoms with Crippen molar-refractivity contribution in [1.29, 1.82) is 0 Å². The monoisotopic (exact) mass is 1300 g/mol. The molecule has 3 aliphatic heterocycles. The van der Waals surface area contributed by atoms with E-state index in [1.54, 1.807) is 6.08 Å². The number of amides is 1. The van der Waals surface area contributed by atoms with E-state index in [2.05, 4.69) is 19.2 Å². The number of aliphatic hydroxyl groups excluding tert-OH is 11. The topological polar surface area (TPSA) is 307 Å². The summed E-state index contributed by atoms with van der Waals surface area (Å²) in [4.78, 5) is 13.3. The Morgan fingerprint density at radius 3 is 1.03 bits per heavy atom. The number of nitrogens with one attached hydrogen (secondary N) is 1. The molecule has 0 aromatic carbocycles. The molecule has 538 valence electrons. The summed E-state index contributed by atoms with van der Waals surface area (Å²) in [7, 11) is 0. The third-order valence-corrected chi connectivity index (χ3v) is 19.1. The van der Waals surface area contributed by atoms with Gasteiger partial charge in [0.25, 0.3) is 0 Å². The van der Waals surface area contributed by atoms with Gasteiger partial charge >= 0.3 is 0 Å². The van der Waals surface area contributed by atoms with Gasteiger partial charge in [-0.15, -0.1) is 0 Å². The molecule has 3 heterocycles. The molecule has 12 N–H and O–H groups in total. The zero-order valence-corrected chi connectivity index (χ0v) is 57.1. The van der Waals surface area contributed by atoms with Crippen LogP contribution in [0.4, 0.5) is 0 Å². The summed E-state index contributed by atoms with van der Waals surface area (Å²) in [5, 5.41) is 120. The minimum Gasteiger partial charge on any atom is -0.394 e. The highest BCUT2D eigenvalue weighted by Crippen LogP contribution is 2.33. The number of rotatable bonds is 59. The van der Waals surface area contributed by atoms with Gasteiger partial charge in [0.1, 0.15) is 73.2 Å². The molecule has 0 aliphatic carbocycles. The van der Waals surface area contributed by atoms with Gasteiger partial charge in [-0.2, -0.15) is 0 Å². The Bertz CT molecular complexity index is 1700. The standard InChI is InChI=1S/C72H137NO18/c1-3-5-7-9-10-11-12-13-14-15-16-17-18-19-20-21-22-23-24-25-26-27-28-29-30-31-32-33-34-35-36-37-38-39-40-41-42-43-44-46-48-50-60(78)73-55(56(77)49-47-45-8-6-4-2)54-86-70-66(84)63(81)68(58(52-75)88-70)91-72-67(85)64(82)69(59(53-76)89-72)90-71-65(83)62(80)61(79)57(51-74)87-71/h47,49,55-59,61-72,74-77,79-85H,3-46,48,50-54H2,1-2H3,(H,73,78)/b49-47+. The second kappa shape index (κ2) is 54.5. The van der Waals surface area contributed by atoms with E-state index in [0.29, 0.717) is 6.42 Å². The Balaban J connectivity index is 1.18. The van der Waals surface area contributed by atoms with Gasteiger partial charge in [-0.3, -0.25) is 4.79 Å². The van der Waals surface area contributed by atoms with Crippen LogP contribution in [0.15, 0.2) is 12.2 Å². The van der Waals surface area contributed by atoms with Crippen molar-refractivity contribution in [2.45, 2.75) is 413 Å². The molecular formula is C72H137NO18. The van der Waals surface area contributed by atoms with Gasteiger partial charge in [-0.05, 0) is 19.3 Å². The van der Waals surface area contributed by atoms with Gasteiger partial charge in [-0.1, -0.05) is 296 Å². The van der Waals surface area contributed by atoms with Crippen LogP contribution in [0, 0.1) is 0 Å². The van der Waals surface area contributed by atoms with Crippen molar-refractivity contribution in [3.05, 3.63) is 12.2 Å². The summed E-state index contributed by atoms with van der Waals surface area (Å²) in [6.45, 7) is 1.63. The molecule has 19 nitrogen and oxygen atoms in total. The van der Waals surface area contributed by atoms with Crippen molar-refractivity contribution in [1.82, 2.24) is 5.32 Å². The summed E-state index contributed by atoms with van der Waals surface area (Å²) >= 11 is 0. The predicted molar refractivity (Wildman–Crippen MR) is 356 cm³/mol. The maximum atomic E-state index is 13.3. The second-order valence-electron chi connectivity index (χ2n) is 27.1. The van der Waals surface area contributed by atoms with E-state index in [1.165, 1.54) is 238 Å². The average molecular weight is 1300 g/mol. The summed E-state index contributed by atoms with van der Waals surface area (Å²) in [5.74, 6) is -0.277. The van der Waals surface area contributed by atoms with Crippen molar-refractivity contribution in [3.8, 4) is 0 Å². The van der Waals surface area contributed by atoms with Gasteiger partial charge in [0, 0.05) is 6.42 Å². The largest absolute Gasteiger partial charge is 0.394 e. The van der Waals surface area contributed by atoms with Crippen LogP contribution in [-0.2, 0) is 33.2 Å². The first-order chi connectivity index (χ1) is 44.3. The molecule has 0 saturated carbocycles. The number of ether oxygens (including phenoxy) is 6. The van der Waals surface area contributed by atoms with Gasteiger partial charge in [0.05, 0.1) is 38.6 Å². The first-order valence-electron chi connectivity index (χ1n) is 37.4. The van der Waals surface area contributed by atoms with Gasteiger partial charge in [-0.25, -0.2) is 0 Å². The van der Waals surface area contributed by atoms with Crippen LogP contribution in [0.25, 0.3) is 0 Å². The fourth-order valence-corrected chi connectivity index (χ4v) is 13.0. The summed E-state index contributed by atoms with van der Waals surface area (Å²) < 4.78 is 34.1. The van der Waals surface area contributed by atoms with E-state index in [1.807, 2.05) is 6.08 Å². The fourth-order valence-electron chi connectivity index (χ4n) is 13.0. The van der Waals surface area contributed by atoms with E-state index < -0.39 is 124 Å². The van der Waals surface area contributed by atoms with Crippen LogP contribution in [0.3, 0.4) is 0 Å². The Kier molecular flexibility index (Phi) is 50.2. The van der Waals surface area contributed by atoms with Crippen LogP contribution >= 0.6 is 0 Å². The predicted octanol–water partition coefficient (Wildman–Crippen LogP) is 10.8. The van der Waals surface area contributed by atoms with Crippen molar-refractivity contribution in [2.75, 3.05) is 26.4 Å². The maximum Gasteiger partial charge on any atom is 0.220 e. The van der Waals surface area contributed by atoms with Crippen LogP contribution < -0.4 is 5.32 Å². The molecule has 3 saturated heterocycles. The zero-order chi connectivity index (χ0) is 66.1. The van der Waals surface area contributed by atoms with Crippen LogP contribution in [-0.4, -0.2) is 193 Å². The van der Waals surface area contributed by atoms with Crippen molar-refractivity contribution in [3.63, 3.8) is 0 Å². The number of unbranched alkanes of at least 4 members (excludes halogenated alkanes) is 43. The summed E-state index contributed by atoms with van der Waals surface area (Å²) in [6.07, 6.45) is 36.4. The number of hydrogen-bond acceptors (Lipinski definition) is 18. The quantitative estimate of drug-likeness (QED) is 0.0199. The van der Waals surface area contributed by atoms with E-state index in [9.17, 15) is 61.0 Å². The van der Waals surface area contributed by atoms with E-state index >= 15 is 0 Å². The molecule has 3 aliphatic rings. The number of aliphatic hydroxyl groups is 11. The lowest BCUT2D eigenvalue weighted by atomic mass is 9.96. The molecule has 17 unspecified atom stereocenters. The summed E-state index contributed by atoms with van der Waals surface area (Å²) in [5.41, 5.74) is 0. The molecular weight excluding hydrogens is 1170 g/mol. The van der Waals surface area contributed by atoms with Crippen LogP contribution in [0.1, 0.15) is 309 Å². The Labute approximate surface area is 550 Å². The minimum atomic E-state index is -1.97. The van der Waals surface area contributed by atoms with Crippen molar-refractivity contribution in [2.24, 2.45) is 0 Å². The molecule has 91 heavy (non-hydrogen) atoms. The number of carbonyl (C=O) groups excluding carboxylic acids is 1. The third-order valence-electron chi connectivity index (χ3n) is 19.1. The number of carbonyl (C=O) groups is 1. The highest BCUT2D eigenvalue weighted by molar-refractivity contribution is 5.76. The smallest absolute Gasteiger partial charge is 0.220 e. The first-order valence-corrected chi connectivity index (χ1v) is 37.4. The molecule has 19 heteroatoms. The third kappa shape index (κ3) is 36.1.